The minimum Gasteiger partial charge on any atom is -0.377 e. The van der Waals surface area contributed by atoms with E-state index in [4.69, 9.17) is 18.3 Å². The highest BCUT2D eigenvalue weighted by atomic mass is 28.4. The van der Waals surface area contributed by atoms with Gasteiger partial charge in [-0.05, 0) is 32.6 Å². The van der Waals surface area contributed by atoms with Crippen LogP contribution < -0.4 is 0 Å². The molecule has 1 unspecified atom stereocenters. The van der Waals surface area contributed by atoms with E-state index in [0.717, 1.165) is 18.9 Å². The molecule has 1 aliphatic rings. The van der Waals surface area contributed by atoms with Gasteiger partial charge in [0.15, 0.2) is 0 Å². The van der Waals surface area contributed by atoms with Crippen LogP contribution in [0.2, 0.25) is 6.04 Å². The second kappa shape index (κ2) is 7.26. The summed E-state index contributed by atoms with van der Waals surface area (Å²) < 4.78 is 16.3. The van der Waals surface area contributed by atoms with Crippen LogP contribution in [0.3, 0.4) is 0 Å². The third kappa shape index (κ3) is 4.50. The number of rotatable bonds is 6. The molecule has 0 spiro atoms. The van der Waals surface area contributed by atoms with E-state index in [2.05, 4.69) is 6.92 Å². The molecule has 0 heterocycles. The monoisotopic (exact) mass is 259 g/mol. The van der Waals surface area contributed by atoms with Gasteiger partial charge in [0.2, 0.25) is 0 Å². The lowest BCUT2D eigenvalue weighted by Crippen LogP contribution is -2.45. The quantitative estimate of drug-likeness (QED) is 0.689. The molecule has 0 radical (unpaired) electrons. The van der Waals surface area contributed by atoms with Gasteiger partial charge in [0, 0.05) is 33.1 Å². The predicted molar refractivity (Wildman–Crippen MR) is 71.6 cm³/mol. The molecule has 1 fully saturated rings. The second-order valence-corrected chi connectivity index (χ2v) is 7.60. The summed E-state index contributed by atoms with van der Waals surface area (Å²) in [5.41, 5.74) is 1.36. The number of nitrogens with zero attached hydrogens (tertiary/aromatic N) is 1. The zero-order chi connectivity index (χ0) is 12.7. The zero-order valence-corrected chi connectivity index (χ0v) is 12.5. The van der Waals surface area contributed by atoms with Gasteiger partial charge < -0.3 is 13.3 Å². The van der Waals surface area contributed by atoms with Crippen molar-refractivity contribution in [2.24, 2.45) is 4.99 Å². The van der Waals surface area contributed by atoms with Crippen LogP contribution in [-0.2, 0) is 13.3 Å². The zero-order valence-electron chi connectivity index (χ0n) is 11.5. The van der Waals surface area contributed by atoms with E-state index in [-0.39, 0.29) is 6.04 Å². The standard InChI is InChI=1S/C12H25NO3Si/c1-11(10-17(14-2,15-3)16-4)13-12-8-6-5-7-9-12/h11H,5-10H2,1-4H3. The van der Waals surface area contributed by atoms with Gasteiger partial charge in [-0.3, -0.25) is 4.99 Å². The first-order valence-electron chi connectivity index (χ1n) is 6.37. The number of aliphatic imine (C=N–C) groups is 1. The van der Waals surface area contributed by atoms with Gasteiger partial charge >= 0.3 is 8.80 Å². The molecule has 5 heteroatoms. The van der Waals surface area contributed by atoms with Crippen molar-refractivity contribution < 1.29 is 13.3 Å². The molecule has 1 atom stereocenters. The summed E-state index contributed by atoms with van der Waals surface area (Å²) in [4.78, 5) is 4.78. The van der Waals surface area contributed by atoms with Crippen LogP contribution in [-0.4, -0.2) is 41.9 Å². The smallest absolute Gasteiger partial charge is 0.377 e. The van der Waals surface area contributed by atoms with Gasteiger partial charge in [-0.25, -0.2) is 0 Å². The molecule has 1 aliphatic carbocycles. The van der Waals surface area contributed by atoms with Crippen LogP contribution in [0.1, 0.15) is 39.0 Å². The Morgan fingerprint density at radius 1 is 1.06 bits per heavy atom. The Bertz CT molecular complexity index is 238. The Morgan fingerprint density at radius 3 is 2.06 bits per heavy atom. The fraction of sp³-hybridized carbons (Fsp3) is 0.917. The Kier molecular flexibility index (Phi) is 6.33. The Morgan fingerprint density at radius 2 is 1.59 bits per heavy atom. The molecule has 0 bridgehead atoms. The van der Waals surface area contributed by atoms with Crippen LogP contribution in [0.25, 0.3) is 0 Å². The lowest BCUT2D eigenvalue weighted by atomic mass is 9.98. The SMILES string of the molecule is CO[Si](CC(C)N=C1CCCCC1)(OC)OC. The molecule has 0 N–H and O–H groups in total. The van der Waals surface area contributed by atoms with Crippen molar-refractivity contribution >= 4 is 14.5 Å². The summed E-state index contributed by atoms with van der Waals surface area (Å²) in [7, 11) is 2.49. The third-order valence-corrected chi connectivity index (χ3v) is 6.27. The lowest BCUT2D eigenvalue weighted by Gasteiger charge is -2.26. The number of hydrogen-bond donors (Lipinski definition) is 0. The van der Waals surface area contributed by atoms with E-state index in [1.165, 1.54) is 25.0 Å². The van der Waals surface area contributed by atoms with Crippen molar-refractivity contribution in [1.29, 1.82) is 0 Å². The van der Waals surface area contributed by atoms with Crippen LogP contribution >= 0.6 is 0 Å². The van der Waals surface area contributed by atoms with Crippen molar-refractivity contribution in [3.8, 4) is 0 Å². The topological polar surface area (TPSA) is 40.0 Å². The molecule has 17 heavy (non-hydrogen) atoms. The van der Waals surface area contributed by atoms with E-state index in [1.54, 1.807) is 21.3 Å². The predicted octanol–water partition coefficient (Wildman–Crippen LogP) is 2.66. The van der Waals surface area contributed by atoms with Gasteiger partial charge in [-0.15, -0.1) is 0 Å². The maximum Gasteiger partial charge on any atom is 0.502 e. The van der Waals surface area contributed by atoms with Gasteiger partial charge in [0.05, 0.1) is 6.04 Å². The van der Waals surface area contributed by atoms with Crippen LogP contribution in [0.4, 0.5) is 0 Å². The molecule has 1 rings (SSSR count). The molecule has 4 nitrogen and oxygen atoms in total. The maximum absolute atomic E-state index is 5.42. The van der Waals surface area contributed by atoms with Gasteiger partial charge in [0.1, 0.15) is 0 Å². The summed E-state index contributed by atoms with van der Waals surface area (Å²) in [6.07, 6.45) is 6.23. The van der Waals surface area contributed by atoms with E-state index < -0.39 is 8.80 Å². The van der Waals surface area contributed by atoms with E-state index in [9.17, 15) is 0 Å². The molecule has 0 amide bonds. The summed E-state index contributed by atoms with van der Waals surface area (Å²) in [5, 5.41) is 0. The third-order valence-electron chi connectivity index (χ3n) is 3.31. The molecule has 0 aromatic heterocycles. The van der Waals surface area contributed by atoms with Gasteiger partial charge in [-0.1, -0.05) is 6.42 Å². The van der Waals surface area contributed by atoms with Crippen LogP contribution in [0, 0.1) is 0 Å². The molecule has 0 aliphatic heterocycles. The summed E-state index contributed by atoms with van der Waals surface area (Å²) in [5.74, 6) is 0. The number of hydrogen-bond acceptors (Lipinski definition) is 4. The highest BCUT2D eigenvalue weighted by molar-refractivity contribution is 6.60. The van der Waals surface area contributed by atoms with Gasteiger partial charge in [0.25, 0.3) is 0 Å². The second-order valence-electron chi connectivity index (χ2n) is 4.60. The molecule has 1 saturated carbocycles. The fourth-order valence-corrected chi connectivity index (χ4v) is 4.12. The van der Waals surface area contributed by atoms with E-state index in [0.29, 0.717) is 0 Å². The summed E-state index contributed by atoms with van der Waals surface area (Å²) in [6.45, 7) is 2.11. The first kappa shape index (κ1) is 14.8. The molecule has 0 aromatic carbocycles. The fourth-order valence-electron chi connectivity index (χ4n) is 2.31. The molecular formula is C12H25NO3Si. The van der Waals surface area contributed by atoms with Crippen molar-refractivity contribution in [3.63, 3.8) is 0 Å². The van der Waals surface area contributed by atoms with Crippen molar-refractivity contribution in [2.75, 3.05) is 21.3 Å². The minimum absolute atomic E-state index is 0.217. The highest BCUT2D eigenvalue weighted by Gasteiger charge is 2.39. The van der Waals surface area contributed by atoms with Crippen LogP contribution in [0.15, 0.2) is 4.99 Å². The molecule has 0 saturated heterocycles. The van der Waals surface area contributed by atoms with E-state index in [1.807, 2.05) is 0 Å². The normalized spacial score (nSPS) is 19.2. The Balaban J connectivity index is 2.54. The first-order valence-corrected chi connectivity index (χ1v) is 8.30. The molecule has 100 valence electrons. The average molecular weight is 259 g/mol. The molecular weight excluding hydrogens is 234 g/mol. The van der Waals surface area contributed by atoms with Crippen molar-refractivity contribution in [2.45, 2.75) is 51.1 Å². The molecule has 0 aromatic rings. The Labute approximate surface area is 106 Å². The lowest BCUT2D eigenvalue weighted by molar-refractivity contribution is 0.122. The van der Waals surface area contributed by atoms with E-state index >= 15 is 0 Å². The highest BCUT2D eigenvalue weighted by Crippen LogP contribution is 2.20. The van der Waals surface area contributed by atoms with Gasteiger partial charge in [-0.2, -0.15) is 0 Å². The van der Waals surface area contributed by atoms with Crippen molar-refractivity contribution in [1.82, 2.24) is 0 Å². The summed E-state index contributed by atoms with van der Waals surface area (Å²) >= 11 is 0. The van der Waals surface area contributed by atoms with Crippen molar-refractivity contribution in [3.05, 3.63) is 0 Å². The Hall–Kier alpha value is -0.233. The largest absolute Gasteiger partial charge is 0.502 e. The van der Waals surface area contributed by atoms with Crippen LogP contribution in [0.5, 0.6) is 0 Å². The first-order chi connectivity index (χ1) is 8.15. The maximum atomic E-state index is 5.42. The minimum atomic E-state index is -2.47. The summed E-state index contributed by atoms with van der Waals surface area (Å²) in [6, 6.07) is 0.967. The average Bonchev–Trinajstić information content (AvgIpc) is 2.37.